The molecule has 0 aliphatic rings. The Bertz CT molecular complexity index is 674. The number of hydrogen-bond donors (Lipinski definition) is 2. The Balaban J connectivity index is 2.06. The second-order valence-corrected chi connectivity index (χ2v) is 6.94. The summed E-state index contributed by atoms with van der Waals surface area (Å²) in [4.78, 5) is 16.6. The van der Waals surface area contributed by atoms with Gasteiger partial charge in [-0.1, -0.05) is 45.0 Å². The third kappa shape index (κ3) is 5.45. The molecular formula is C18H26N4O2. The Kier molecular flexibility index (Phi) is 6.09. The van der Waals surface area contributed by atoms with Crippen molar-refractivity contribution in [3.05, 3.63) is 35.7 Å². The van der Waals surface area contributed by atoms with E-state index in [1.165, 1.54) is 0 Å². The van der Waals surface area contributed by atoms with Gasteiger partial charge in [0.25, 0.3) is 5.91 Å². The van der Waals surface area contributed by atoms with E-state index in [9.17, 15) is 4.79 Å². The van der Waals surface area contributed by atoms with Crippen LogP contribution in [-0.4, -0.2) is 35.7 Å². The van der Waals surface area contributed by atoms with E-state index in [1.807, 2.05) is 19.1 Å². The van der Waals surface area contributed by atoms with Gasteiger partial charge in [-0.3, -0.25) is 4.79 Å². The molecule has 130 valence electrons. The van der Waals surface area contributed by atoms with Gasteiger partial charge in [-0.25, -0.2) is 0 Å². The van der Waals surface area contributed by atoms with E-state index >= 15 is 0 Å². The van der Waals surface area contributed by atoms with Crippen molar-refractivity contribution in [2.24, 2.45) is 5.41 Å². The van der Waals surface area contributed by atoms with Gasteiger partial charge in [0.15, 0.2) is 0 Å². The molecule has 0 unspecified atom stereocenters. The van der Waals surface area contributed by atoms with Gasteiger partial charge in [0.05, 0.1) is 0 Å². The van der Waals surface area contributed by atoms with E-state index < -0.39 is 0 Å². The SMILES string of the molecule is CCNCCNC(=O)c1cccc(-c2noc(CC(C)(C)C)n2)c1. The molecule has 1 aromatic heterocycles. The summed E-state index contributed by atoms with van der Waals surface area (Å²) in [6.07, 6.45) is 0.713. The lowest BCUT2D eigenvalue weighted by atomic mass is 9.92. The van der Waals surface area contributed by atoms with Crippen molar-refractivity contribution < 1.29 is 9.32 Å². The van der Waals surface area contributed by atoms with Crippen LogP contribution in [0.1, 0.15) is 43.9 Å². The Morgan fingerprint density at radius 3 is 2.75 bits per heavy atom. The van der Waals surface area contributed by atoms with Crippen molar-refractivity contribution in [3.8, 4) is 11.4 Å². The maximum atomic E-state index is 12.2. The highest BCUT2D eigenvalue weighted by atomic mass is 16.5. The quantitative estimate of drug-likeness (QED) is 0.763. The summed E-state index contributed by atoms with van der Waals surface area (Å²) in [5.74, 6) is 1.02. The molecule has 0 saturated heterocycles. The maximum Gasteiger partial charge on any atom is 0.251 e. The Hall–Kier alpha value is -2.21. The van der Waals surface area contributed by atoms with Crippen LogP contribution in [0.2, 0.25) is 0 Å². The predicted octanol–water partition coefficient (Wildman–Crippen LogP) is 2.66. The van der Waals surface area contributed by atoms with Gasteiger partial charge in [0.2, 0.25) is 11.7 Å². The zero-order chi connectivity index (χ0) is 17.6. The number of hydrogen-bond acceptors (Lipinski definition) is 5. The fraction of sp³-hybridized carbons (Fsp3) is 0.500. The van der Waals surface area contributed by atoms with Crippen LogP contribution in [0.3, 0.4) is 0 Å². The summed E-state index contributed by atoms with van der Waals surface area (Å²) in [7, 11) is 0. The lowest BCUT2D eigenvalue weighted by molar-refractivity contribution is 0.0954. The van der Waals surface area contributed by atoms with Crippen LogP contribution in [0.4, 0.5) is 0 Å². The van der Waals surface area contributed by atoms with Crippen molar-refractivity contribution in [1.29, 1.82) is 0 Å². The zero-order valence-corrected chi connectivity index (χ0v) is 14.8. The molecule has 2 N–H and O–H groups in total. The number of nitrogens with one attached hydrogen (secondary N) is 2. The number of carbonyl (C=O) groups excluding carboxylic acids is 1. The highest BCUT2D eigenvalue weighted by molar-refractivity contribution is 5.95. The monoisotopic (exact) mass is 330 g/mol. The highest BCUT2D eigenvalue weighted by Crippen LogP contribution is 2.22. The molecule has 0 fully saturated rings. The summed E-state index contributed by atoms with van der Waals surface area (Å²) in [6.45, 7) is 10.6. The highest BCUT2D eigenvalue weighted by Gasteiger charge is 2.17. The second-order valence-electron chi connectivity index (χ2n) is 6.94. The first-order chi connectivity index (χ1) is 11.4. The number of likely N-dealkylation sites (N-methyl/N-ethyl adjacent to an activating group) is 1. The minimum atomic E-state index is -0.104. The van der Waals surface area contributed by atoms with Crippen LogP contribution in [0.5, 0.6) is 0 Å². The molecule has 0 bridgehead atoms. The van der Waals surface area contributed by atoms with Crippen LogP contribution < -0.4 is 10.6 Å². The third-order valence-electron chi connectivity index (χ3n) is 3.37. The average molecular weight is 330 g/mol. The molecule has 0 aliphatic carbocycles. The molecule has 6 nitrogen and oxygen atoms in total. The molecule has 24 heavy (non-hydrogen) atoms. The van der Waals surface area contributed by atoms with Crippen molar-refractivity contribution in [2.45, 2.75) is 34.1 Å². The minimum Gasteiger partial charge on any atom is -0.351 e. The van der Waals surface area contributed by atoms with Gasteiger partial charge >= 0.3 is 0 Å². The summed E-state index contributed by atoms with van der Waals surface area (Å²) in [6, 6.07) is 7.27. The Labute approximate surface area is 143 Å². The van der Waals surface area contributed by atoms with Crippen molar-refractivity contribution in [1.82, 2.24) is 20.8 Å². The van der Waals surface area contributed by atoms with E-state index in [2.05, 4.69) is 41.5 Å². The van der Waals surface area contributed by atoms with Crippen molar-refractivity contribution in [3.63, 3.8) is 0 Å². The fourth-order valence-electron chi connectivity index (χ4n) is 2.24. The van der Waals surface area contributed by atoms with E-state index in [4.69, 9.17) is 4.52 Å². The first kappa shape index (κ1) is 18.1. The normalized spacial score (nSPS) is 11.5. The van der Waals surface area contributed by atoms with Gasteiger partial charge in [-0.2, -0.15) is 4.98 Å². The summed E-state index contributed by atoms with van der Waals surface area (Å²) < 4.78 is 5.32. The number of rotatable bonds is 7. The van der Waals surface area contributed by atoms with Crippen LogP contribution in [0.25, 0.3) is 11.4 Å². The number of benzene rings is 1. The van der Waals surface area contributed by atoms with Crippen LogP contribution in [0.15, 0.2) is 28.8 Å². The molecule has 0 atom stereocenters. The standard InChI is InChI=1S/C18H26N4O2/c1-5-19-9-10-20-17(23)14-8-6-7-13(11-14)16-21-15(24-22-16)12-18(2,3)4/h6-8,11,19H,5,9-10,12H2,1-4H3,(H,20,23). The maximum absolute atomic E-state index is 12.2. The fourth-order valence-corrected chi connectivity index (χ4v) is 2.24. The lowest BCUT2D eigenvalue weighted by Crippen LogP contribution is -2.31. The van der Waals surface area contributed by atoms with Gasteiger partial charge in [-0.15, -0.1) is 0 Å². The first-order valence-electron chi connectivity index (χ1n) is 8.31. The van der Waals surface area contributed by atoms with Crippen LogP contribution in [0, 0.1) is 5.41 Å². The molecular weight excluding hydrogens is 304 g/mol. The van der Waals surface area contributed by atoms with Gasteiger partial charge in [0, 0.05) is 30.6 Å². The van der Waals surface area contributed by atoms with Gasteiger partial charge in [0.1, 0.15) is 0 Å². The van der Waals surface area contributed by atoms with Gasteiger partial charge in [-0.05, 0) is 24.1 Å². The first-order valence-corrected chi connectivity index (χ1v) is 8.31. The zero-order valence-electron chi connectivity index (χ0n) is 14.8. The summed E-state index contributed by atoms with van der Waals surface area (Å²) in [5, 5.41) is 10.1. The average Bonchev–Trinajstić information content (AvgIpc) is 2.98. The van der Waals surface area contributed by atoms with E-state index in [1.54, 1.807) is 12.1 Å². The molecule has 0 saturated carbocycles. The van der Waals surface area contributed by atoms with Gasteiger partial charge < -0.3 is 15.2 Å². The predicted molar refractivity (Wildman–Crippen MR) is 93.8 cm³/mol. The largest absolute Gasteiger partial charge is 0.351 e. The Morgan fingerprint density at radius 1 is 1.25 bits per heavy atom. The number of carbonyl (C=O) groups is 1. The third-order valence-corrected chi connectivity index (χ3v) is 3.37. The number of aromatic nitrogens is 2. The summed E-state index contributed by atoms with van der Waals surface area (Å²) in [5.41, 5.74) is 1.45. The molecule has 1 aromatic carbocycles. The second kappa shape index (κ2) is 8.06. The smallest absolute Gasteiger partial charge is 0.251 e. The summed E-state index contributed by atoms with van der Waals surface area (Å²) >= 11 is 0. The number of amides is 1. The molecule has 0 aliphatic heterocycles. The van der Waals surface area contributed by atoms with E-state index in [0.29, 0.717) is 30.2 Å². The molecule has 6 heteroatoms. The minimum absolute atomic E-state index is 0.0814. The topological polar surface area (TPSA) is 80.0 Å². The van der Waals surface area contributed by atoms with Crippen LogP contribution in [-0.2, 0) is 6.42 Å². The van der Waals surface area contributed by atoms with Crippen LogP contribution >= 0.6 is 0 Å². The molecule has 1 amide bonds. The molecule has 0 radical (unpaired) electrons. The van der Waals surface area contributed by atoms with E-state index in [-0.39, 0.29) is 11.3 Å². The van der Waals surface area contributed by atoms with Crippen molar-refractivity contribution in [2.75, 3.05) is 19.6 Å². The lowest BCUT2D eigenvalue weighted by Gasteiger charge is -2.13. The number of nitrogens with zero attached hydrogens (tertiary/aromatic N) is 2. The molecule has 0 spiro atoms. The molecule has 1 heterocycles. The molecule has 2 aromatic rings. The van der Waals surface area contributed by atoms with Crippen molar-refractivity contribution >= 4 is 5.91 Å². The van der Waals surface area contributed by atoms with E-state index in [0.717, 1.165) is 18.7 Å². The molecule has 2 rings (SSSR count). The Morgan fingerprint density at radius 2 is 2.04 bits per heavy atom.